The number of fused-ring (bicyclic) bond motifs is 1. The first-order chi connectivity index (χ1) is 14.8. The number of anilines is 1. The number of esters is 1. The van der Waals surface area contributed by atoms with Gasteiger partial charge in [-0.3, -0.25) is 34.2 Å². The number of hydrogen-bond acceptors (Lipinski definition) is 8. The molecule has 31 heavy (non-hydrogen) atoms. The number of carbonyl (C=O) groups excluding carboxylic acids is 4. The summed E-state index contributed by atoms with van der Waals surface area (Å²) in [5.41, 5.74) is -0.0165. The van der Waals surface area contributed by atoms with E-state index in [0.717, 1.165) is 23.8 Å². The molecule has 2 fully saturated rings. The molecule has 2 atom stereocenters. The van der Waals surface area contributed by atoms with Crippen molar-refractivity contribution in [2.24, 2.45) is 11.8 Å². The molecule has 0 aromatic heterocycles. The van der Waals surface area contributed by atoms with Gasteiger partial charge in [0.15, 0.2) is 6.61 Å². The van der Waals surface area contributed by atoms with Gasteiger partial charge in [0.05, 0.1) is 42.0 Å². The highest BCUT2D eigenvalue weighted by atomic mass is 16.6. The third-order valence-corrected chi connectivity index (χ3v) is 5.51. The lowest BCUT2D eigenvalue weighted by Crippen LogP contribution is -2.33. The van der Waals surface area contributed by atoms with Gasteiger partial charge in [0.1, 0.15) is 5.75 Å². The number of carbonyl (C=O) groups is 4. The summed E-state index contributed by atoms with van der Waals surface area (Å²) >= 11 is 0. The second kappa shape index (κ2) is 9.54. The monoisotopic (exact) mass is 433 g/mol. The van der Waals surface area contributed by atoms with Crippen molar-refractivity contribution >= 4 is 35.1 Å². The zero-order chi connectivity index (χ0) is 22.5. The molecule has 2 aliphatic rings. The van der Waals surface area contributed by atoms with E-state index in [4.69, 9.17) is 9.47 Å². The number of rotatable bonds is 8. The first kappa shape index (κ1) is 22.2. The molecule has 1 aromatic rings. The SMILES string of the molecule is COc1cc([N+](=O)[O-])ccc1NC(=O)COC(=O)CCN1C(=O)C2CCCCC2C1=O. The number of benzene rings is 1. The molecule has 1 saturated carbocycles. The van der Waals surface area contributed by atoms with E-state index < -0.39 is 23.4 Å². The summed E-state index contributed by atoms with van der Waals surface area (Å²) in [4.78, 5) is 60.1. The standard InChI is InChI=1S/C20H23N3O8/c1-30-16-10-12(23(28)29)6-7-15(16)21-17(24)11-31-18(25)8-9-22-19(26)13-4-2-3-5-14(13)20(22)27/h6-7,10,13-14H,2-5,8-9,11H2,1H3,(H,21,24). The van der Waals surface area contributed by atoms with Crippen LogP contribution in [-0.4, -0.2) is 53.8 Å². The predicted octanol–water partition coefficient (Wildman–Crippen LogP) is 1.65. The number of imide groups is 1. The number of non-ortho nitro benzene ring substituents is 1. The maximum absolute atomic E-state index is 12.4. The number of nitro benzene ring substituents is 1. The largest absolute Gasteiger partial charge is 0.494 e. The van der Waals surface area contributed by atoms with Crippen molar-refractivity contribution in [2.45, 2.75) is 32.1 Å². The maximum Gasteiger partial charge on any atom is 0.308 e. The van der Waals surface area contributed by atoms with Gasteiger partial charge in [-0.05, 0) is 18.9 Å². The number of likely N-dealkylation sites (tertiary alicyclic amines) is 1. The van der Waals surface area contributed by atoms with Crippen LogP contribution in [0.3, 0.4) is 0 Å². The lowest BCUT2D eigenvalue weighted by atomic mass is 9.81. The van der Waals surface area contributed by atoms with Gasteiger partial charge in [0.2, 0.25) is 11.8 Å². The maximum atomic E-state index is 12.4. The molecule has 1 heterocycles. The van der Waals surface area contributed by atoms with E-state index in [1.165, 1.54) is 19.2 Å². The van der Waals surface area contributed by atoms with Crippen molar-refractivity contribution in [3.05, 3.63) is 28.3 Å². The molecule has 1 saturated heterocycles. The number of hydrogen-bond donors (Lipinski definition) is 1. The van der Waals surface area contributed by atoms with Crippen LogP contribution in [0.25, 0.3) is 0 Å². The van der Waals surface area contributed by atoms with Gasteiger partial charge >= 0.3 is 5.97 Å². The number of methoxy groups -OCH3 is 1. The topological polar surface area (TPSA) is 145 Å². The van der Waals surface area contributed by atoms with Crippen LogP contribution in [0.4, 0.5) is 11.4 Å². The van der Waals surface area contributed by atoms with E-state index in [1.807, 2.05) is 0 Å². The Morgan fingerprint density at radius 2 is 1.84 bits per heavy atom. The number of ether oxygens (including phenoxy) is 2. The van der Waals surface area contributed by atoms with Crippen LogP contribution in [0.15, 0.2) is 18.2 Å². The number of nitrogens with one attached hydrogen (secondary N) is 1. The quantitative estimate of drug-likeness (QED) is 0.282. The number of amides is 3. The van der Waals surface area contributed by atoms with E-state index in [2.05, 4.69) is 5.32 Å². The Morgan fingerprint density at radius 3 is 2.42 bits per heavy atom. The Morgan fingerprint density at radius 1 is 1.19 bits per heavy atom. The third-order valence-electron chi connectivity index (χ3n) is 5.51. The highest BCUT2D eigenvalue weighted by Crippen LogP contribution is 2.38. The van der Waals surface area contributed by atoms with Crippen LogP contribution in [-0.2, 0) is 23.9 Å². The Balaban J connectivity index is 1.47. The summed E-state index contributed by atoms with van der Waals surface area (Å²) in [5, 5.41) is 13.3. The summed E-state index contributed by atoms with van der Waals surface area (Å²) in [5.74, 6) is -2.32. The van der Waals surface area contributed by atoms with Crippen molar-refractivity contribution in [3.8, 4) is 5.75 Å². The van der Waals surface area contributed by atoms with E-state index in [1.54, 1.807) is 0 Å². The fourth-order valence-corrected chi connectivity index (χ4v) is 3.96. The van der Waals surface area contributed by atoms with E-state index in [0.29, 0.717) is 12.8 Å². The molecule has 11 nitrogen and oxygen atoms in total. The summed E-state index contributed by atoms with van der Waals surface area (Å²) in [6.07, 6.45) is 3.03. The normalized spacial score (nSPS) is 20.2. The lowest BCUT2D eigenvalue weighted by molar-refractivity contribution is -0.384. The Bertz CT molecular complexity index is 892. The van der Waals surface area contributed by atoms with Gasteiger partial charge in [0, 0.05) is 12.6 Å². The molecule has 3 amide bonds. The van der Waals surface area contributed by atoms with E-state index >= 15 is 0 Å². The molecule has 2 unspecified atom stereocenters. The summed E-state index contributed by atoms with van der Waals surface area (Å²) in [7, 11) is 1.30. The molecular formula is C20H23N3O8. The van der Waals surface area contributed by atoms with Gasteiger partial charge in [-0.2, -0.15) is 0 Å². The molecule has 11 heteroatoms. The van der Waals surface area contributed by atoms with Crippen molar-refractivity contribution in [3.63, 3.8) is 0 Å². The van der Waals surface area contributed by atoms with Gasteiger partial charge < -0.3 is 14.8 Å². The van der Waals surface area contributed by atoms with Crippen molar-refractivity contribution < 1.29 is 33.6 Å². The van der Waals surface area contributed by atoms with Gasteiger partial charge in [-0.15, -0.1) is 0 Å². The Kier molecular flexibility index (Phi) is 6.83. The highest BCUT2D eigenvalue weighted by Gasteiger charge is 2.47. The minimum atomic E-state index is -0.721. The van der Waals surface area contributed by atoms with Gasteiger partial charge in [-0.25, -0.2) is 0 Å². The minimum absolute atomic E-state index is 0.0682. The summed E-state index contributed by atoms with van der Waals surface area (Å²) < 4.78 is 9.93. The fourth-order valence-electron chi connectivity index (χ4n) is 3.96. The van der Waals surface area contributed by atoms with E-state index in [-0.39, 0.29) is 53.7 Å². The summed E-state index contributed by atoms with van der Waals surface area (Å²) in [6.45, 7) is -0.659. The first-order valence-electron chi connectivity index (χ1n) is 9.95. The Hall–Kier alpha value is -3.50. The van der Waals surface area contributed by atoms with Crippen LogP contribution in [0.2, 0.25) is 0 Å². The second-order valence-corrected chi connectivity index (χ2v) is 7.43. The zero-order valence-corrected chi connectivity index (χ0v) is 17.0. The molecule has 166 valence electrons. The predicted molar refractivity (Wildman–Crippen MR) is 106 cm³/mol. The summed E-state index contributed by atoms with van der Waals surface area (Å²) in [6, 6.07) is 3.66. The molecule has 0 spiro atoms. The second-order valence-electron chi connectivity index (χ2n) is 7.43. The van der Waals surface area contributed by atoms with Crippen molar-refractivity contribution in [1.29, 1.82) is 0 Å². The van der Waals surface area contributed by atoms with Gasteiger partial charge in [-0.1, -0.05) is 12.8 Å². The number of nitrogens with zero attached hydrogens (tertiary/aromatic N) is 2. The molecule has 0 bridgehead atoms. The molecule has 1 aliphatic carbocycles. The van der Waals surface area contributed by atoms with Crippen LogP contribution < -0.4 is 10.1 Å². The van der Waals surface area contributed by atoms with Crippen molar-refractivity contribution in [1.82, 2.24) is 4.90 Å². The fraction of sp³-hybridized carbons (Fsp3) is 0.500. The average Bonchev–Trinajstić information content (AvgIpc) is 3.01. The molecule has 1 N–H and O–H groups in total. The molecule has 1 aliphatic heterocycles. The van der Waals surface area contributed by atoms with Crippen LogP contribution in [0, 0.1) is 22.0 Å². The van der Waals surface area contributed by atoms with Crippen LogP contribution in [0.5, 0.6) is 5.75 Å². The van der Waals surface area contributed by atoms with Gasteiger partial charge in [0.25, 0.3) is 11.6 Å². The van der Waals surface area contributed by atoms with Crippen molar-refractivity contribution in [2.75, 3.05) is 25.6 Å². The Labute approximate surface area is 177 Å². The minimum Gasteiger partial charge on any atom is -0.494 e. The molecule has 0 radical (unpaired) electrons. The van der Waals surface area contributed by atoms with E-state index in [9.17, 15) is 29.3 Å². The van der Waals surface area contributed by atoms with Crippen LogP contribution >= 0.6 is 0 Å². The smallest absolute Gasteiger partial charge is 0.308 e. The lowest BCUT2D eigenvalue weighted by Gasteiger charge is -2.19. The van der Waals surface area contributed by atoms with Crippen LogP contribution in [0.1, 0.15) is 32.1 Å². The third kappa shape index (κ3) is 4.98. The number of nitro groups is 1. The molecule has 3 rings (SSSR count). The zero-order valence-electron chi connectivity index (χ0n) is 17.0. The molecule has 1 aromatic carbocycles. The molecular weight excluding hydrogens is 410 g/mol. The highest BCUT2D eigenvalue weighted by molar-refractivity contribution is 6.05. The average molecular weight is 433 g/mol. The first-order valence-corrected chi connectivity index (χ1v) is 9.95.